The predicted molar refractivity (Wildman–Crippen MR) is 102 cm³/mol. The number of halogens is 1. The van der Waals surface area contributed by atoms with Crippen molar-refractivity contribution in [3.63, 3.8) is 0 Å². The fourth-order valence-corrected chi connectivity index (χ4v) is 1.93. The Labute approximate surface area is 153 Å². The first-order valence-corrected chi connectivity index (χ1v) is 7.23. The van der Waals surface area contributed by atoms with Crippen molar-refractivity contribution in [1.82, 2.24) is 15.6 Å². The lowest BCUT2D eigenvalue weighted by molar-refractivity contribution is 0.799. The van der Waals surface area contributed by atoms with Crippen LogP contribution in [0.2, 0.25) is 0 Å². The Bertz CT molecular complexity index is 664. The zero-order valence-corrected chi connectivity index (χ0v) is 15.3. The fourth-order valence-electron chi connectivity index (χ4n) is 1.93. The number of rotatable bonds is 5. The number of nitriles is 1. The van der Waals surface area contributed by atoms with Crippen LogP contribution in [0, 0.1) is 11.3 Å². The maximum Gasteiger partial charge on any atom is 0.191 e. The molecule has 120 valence electrons. The van der Waals surface area contributed by atoms with Gasteiger partial charge in [0.25, 0.3) is 0 Å². The van der Waals surface area contributed by atoms with Crippen molar-refractivity contribution in [3.8, 4) is 6.07 Å². The van der Waals surface area contributed by atoms with E-state index in [2.05, 4.69) is 26.7 Å². The number of aromatic nitrogens is 1. The summed E-state index contributed by atoms with van der Waals surface area (Å²) in [5, 5.41) is 15.4. The van der Waals surface area contributed by atoms with Crippen LogP contribution < -0.4 is 10.6 Å². The van der Waals surface area contributed by atoms with Crippen molar-refractivity contribution in [3.05, 3.63) is 65.5 Å². The maximum absolute atomic E-state index is 8.92. The number of nitrogens with one attached hydrogen (secondary N) is 2. The first-order chi connectivity index (χ1) is 10.8. The van der Waals surface area contributed by atoms with E-state index in [0.29, 0.717) is 18.7 Å². The molecule has 1 aromatic heterocycles. The van der Waals surface area contributed by atoms with Gasteiger partial charge in [0.1, 0.15) is 0 Å². The third-order valence-electron chi connectivity index (χ3n) is 2.98. The Hall–Kier alpha value is -2.14. The number of hydrogen-bond donors (Lipinski definition) is 2. The van der Waals surface area contributed by atoms with Crippen LogP contribution in [0.25, 0.3) is 0 Å². The molecule has 0 aliphatic heterocycles. The molecule has 0 amide bonds. The number of aliphatic imine (C=N–C) groups is 1. The third kappa shape index (κ3) is 6.65. The smallest absolute Gasteiger partial charge is 0.191 e. The highest BCUT2D eigenvalue weighted by Gasteiger charge is 1.99. The molecule has 1 heterocycles. The molecule has 0 atom stereocenters. The molecule has 0 radical (unpaired) electrons. The van der Waals surface area contributed by atoms with Crippen molar-refractivity contribution in [1.29, 1.82) is 5.26 Å². The summed E-state index contributed by atoms with van der Waals surface area (Å²) in [6.45, 7) is 3.94. The number of benzene rings is 1. The van der Waals surface area contributed by atoms with Crippen molar-refractivity contribution < 1.29 is 0 Å². The Morgan fingerprint density at radius 2 is 2.09 bits per heavy atom. The van der Waals surface area contributed by atoms with Gasteiger partial charge in [-0.15, -0.1) is 24.0 Å². The van der Waals surface area contributed by atoms with Crippen LogP contribution in [-0.2, 0) is 13.1 Å². The molecule has 0 aliphatic rings. The molecule has 23 heavy (non-hydrogen) atoms. The van der Waals surface area contributed by atoms with Crippen molar-refractivity contribution in [2.45, 2.75) is 20.0 Å². The largest absolute Gasteiger partial charge is 0.357 e. The topological polar surface area (TPSA) is 73.1 Å². The molecule has 0 saturated carbocycles. The molecule has 0 fully saturated rings. The van der Waals surface area contributed by atoms with Crippen molar-refractivity contribution in [2.75, 3.05) is 6.54 Å². The summed E-state index contributed by atoms with van der Waals surface area (Å²) < 4.78 is 0. The average Bonchev–Trinajstić information content (AvgIpc) is 2.58. The minimum Gasteiger partial charge on any atom is -0.357 e. The second-order valence-electron chi connectivity index (χ2n) is 4.68. The first-order valence-electron chi connectivity index (χ1n) is 7.23. The highest BCUT2D eigenvalue weighted by Crippen LogP contribution is 2.05. The molecule has 6 heteroatoms. The lowest BCUT2D eigenvalue weighted by Gasteiger charge is -2.11. The second kappa shape index (κ2) is 10.6. The molecular formula is C17H20IN5. The van der Waals surface area contributed by atoms with Crippen LogP contribution in [0.5, 0.6) is 0 Å². The van der Waals surface area contributed by atoms with Gasteiger partial charge in [-0.2, -0.15) is 5.26 Å². The van der Waals surface area contributed by atoms with Crippen molar-refractivity contribution in [2.24, 2.45) is 4.99 Å². The molecule has 2 rings (SSSR count). The number of hydrogen-bond acceptors (Lipinski definition) is 3. The zero-order valence-electron chi connectivity index (χ0n) is 13.0. The summed E-state index contributed by atoms with van der Waals surface area (Å²) in [5.74, 6) is 0.732. The molecule has 0 bridgehead atoms. The van der Waals surface area contributed by atoms with Crippen LogP contribution in [0.1, 0.15) is 23.7 Å². The van der Waals surface area contributed by atoms with Gasteiger partial charge in [-0.25, -0.2) is 4.99 Å². The maximum atomic E-state index is 8.92. The molecule has 1 aromatic carbocycles. The van der Waals surface area contributed by atoms with E-state index in [0.717, 1.165) is 23.8 Å². The van der Waals surface area contributed by atoms with E-state index in [4.69, 9.17) is 5.26 Å². The van der Waals surface area contributed by atoms with Gasteiger partial charge >= 0.3 is 0 Å². The molecule has 0 spiro atoms. The summed E-state index contributed by atoms with van der Waals surface area (Å²) >= 11 is 0. The van der Waals surface area contributed by atoms with Gasteiger partial charge in [-0.05, 0) is 36.8 Å². The lowest BCUT2D eigenvalue weighted by atomic mass is 10.1. The monoisotopic (exact) mass is 421 g/mol. The van der Waals surface area contributed by atoms with Gasteiger partial charge in [0, 0.05) is 12.7 Å². The summed E-state index contributed by atoms with van der Waals surface area (Å²) in [7, 11) is 0. The molecule has 2 N–H and O–H groups in total. The molecule has 0 aliphatic carbocycles. The Kier molecular flexibility index (Phi) is 8.68. The van der Waals surface area contributed by atoms with Gasteiger partial charge in [-0.3, -0.25) is 4.98 Å². The first kappa shape index (κ1) is 18.9. The highest BCUT2D eigenvalue weighted by atomic mass is 127. The molecule has 5 nitrogen and oxygen atoms in total. The van der Waals surface area contributed by atoms with Crippen LogP contribution in [-0.4, -0.2) is 17.5 Å². The van der Waals surface area contributed by atoms with Gasteiger partial charge in [0.15, 0.2) is 5.96 Å². The van der Waals surface area contributed by atoms with Gasteiger partial charge in [0.2, 0.25) is 0 Å². The molecule has 0 saturated heterocycles. The van der Waals surface area contributed by atoms with E-state index in [1.807, 2.05) is 43.3 Å². The van der Waals surface area contributed by atoms with E-state index in [-0.39, 0.29) is 24.0 Å². The van der Waals surface area contributed by atoms with Gasteiger partial charge < -0.3 is 10.6 Å². The minimum absolute atomic E-state index is 0. The summed E-state index contributed by atoms with van der Waals surface area (Å²) in [6, 6.07) is 15.4. The summed E-state index contributed by atoms with van der Waals surface area (Å²) in [4.78, 5) is 8.80. The SMILES string of the molecule is CCNC(=NCc1cccc(C#N)c1)NCc1ccccn1.I. The number of pyridine rings is 1. The van der Waals surface area contributed by atoms with Gasteiger partial charge in [-0.1, -0.05) is 18.2 Å². The molecular weight excluding hydrogens is 401 g/mol. The average molecular weight is 421 g/mol. The van der Waals surface area contributed by atoms with Crippen LogP contribution in [0.4, 0.5) is 0 Å². The minimum atomic E-state index is 0. The Morgan fingerprint density at radius 3 is 2.78 bits per heavy atom. The fraction of sp³-hybridized carbons (Fsp3) is 0.235. The Morgan fingerprint density at radius 1 is 1.22 bits per heavy atom. The van der Waals surface area contributed by atoms with E-state index in [9.17, 15) is 0 Å². The van der Waals surface area contributed by atoms with Crippen LogP contribution in [0.15, 0.2) is 53.7 Å². The molecule has 2 aromatic rings. The van der Waals surface area contributed by atoms with Crippen LogP contribution in [0.3, 0.4) is 0 Å². The number of guanidine groups is 1. The number of nitrogens with zero attached hydrogens (tertiary/aromatic N) is 3. The quantitative estimate of drug-likeness (QED) is 0.443. The predicted octanol–water partition coefficient (Wildman–Crippen LogP) is 2.83. The standard InChI is InChI=1S/C17H19N5.HI/c1-2-19-17(22-13-16-8-3-4-9-20-16)21-12-15-7-5-6-14(10-15)11-18;/h3-10H,2,12-13H2,1H3,(H2,19,21,22);1H. The molecule has 0 unspecified atom stereocenters. The van der Waals surface area contributed by atoms with Gasteiger partial charge in [0.05, 0.1) is 30.4 Å². The Balaban J connectivity index is 0.00000264. The summed E-state index contributed by atoms with van der Waals surface area (Å²) in [5.41, 5.74) is 2.62. The van der Waals surface area contributed by atoms with Crippen LogP contribution >= 0.6 is 24.0 Å². The summed E-state index contributed by atoms with van der Waals surface area (Å²) in [6.07, 6.45) is 1.77. The van der Waals surface area contributed by atoms with E-state index in [1.54, 1.807) is 12.3 Å². The highest BCUT2D eigenvalue weighted by molar-refractivity contribution is 14.0. The second-order valence-corrected chi connectivity index (χ2v) is 4.68. The lowest BCUT2D eigenvalue weighted by Crippen LogP contribution is -2.37. The van der Waals surface area contributed by atoms with E-state index < -0.39 is 0 Å². The van der Waals surface area contributed by atoms with E-state index in [1.165, 1.54) is 0 Å². The third-order valence-corrected chi connectivity index (χ3v) is 2.98. The normalized spacial score (nSPS) is 10.3. The zero-order chi connectivity index (χ0) is 15.6. The van der Waals surface area contributed by atoms with E-state index >= 15 is 0 Å². The van der Waals surface area contributed by atoms with Crippen molar-refractivity contribution >= 4 is 29.9 Å².